The van der Waals surface area contributed by atoms with E-state index in [9.17, 15) is 4.79 Å². The third-order valence-corrected chi connectivity index (χ3v) is 1.46. The smallest absolute Gasteiger partial charge is 0.237 e. The zero-order valence-electron chi connectivity index (χ0n) is 7.15. The molecule has 0 aliphatic heterocycles. The number of halogens is 1. The number of carbonyl (C=O) groups excluding carboxylic acids is 1. The summed E-state index contributed by atoms with van der Waals surface area (Å²) in [5.74, 6) is 0.531. The first-order valence-corrected chi connectivity index (χ1v) is 3.82. The van der Waals surface area contributed by atoms with Crippen LogP contribution in [0.5, 0.6) is 0 Å². The Morgan fingerprint density at radius 2 is 2.15 bits per heavy atom. The zero-order valence-corrected chi connectivity index (χ0v) is 7.91. The first-order valence-electron chi connectivity index (χ1n) is 3.45. The summed E-state index contributed by atoms with van der Waals surface area (Å²) in [5.41, 5.74) is 0. The Bertz CT molecular complexity index is 318. The zero-order chi connectivity index (χ0) is 9.84. The van der Waals surface area contributed by atoms with Crippen LogP contribution >= 0.6 is 11.6 Å². The van der Waals surface area contributed by atoms with E-state index >= 15 is 0 Å². The summed E-state index contributed by atoms with van der Waals surface area (Å²) < 4.78 is 0. The molecule has 7 heteroatoms. The topological polar surface area (TPSA) is 71.0 Å². The van der Waals surface area contributed by atoms with Gasteiger partial charge in [0.25, 0.3) is 0 Å². The Kier molecular flexibility index (Phi) is 2.97. The molecule has 70 valence electrons. The molecule has 0 bridgehead atoms. The van der Waals surface area contributed by atoms with Crippen LogP contribution in [0.1, 0.15) is 0 Å². The number of nitrogens with one attached hydrogen (secondary N) is 1. The van der Waals surface area contributed by atoms with Crippen LogP contribution in [-0.4, -0.2) is 35.5 Å². The van der Waals surface area contributed by atoms with Gasteiger partial charge in [0.1, 0.15) is 0 Å². The van der Waals surface area contributed by atoms with Crippen molar-refractivity contribution in [3.05, 3.63) is 5.28 Å². The largest absolute Gasteiger partial charge is 0.357 e. The molecule has 0 aliphatic carbocycles. The lowest BCUT2D eigenvalue weighted by Crippen LogP contribution is -2.18. The van der Waals surface area contributed by atoms with Gasteiger partial charge in [0.05, 0.1) is 0 Å². The standard InChI is InChI=1S/C6H8ClN5O/c1-8-5-9-4(7)10-6(11-5)12(2)3-13/h3H,1-2H3,(H,8,9,10,11). The second-order valence-electron chi connectivity index (χ2n) is 2.19. The Hall–Kier alpha value is -1.43. The van der Waals surface area contributed by atoms with Gasteiger partial charge in [-0.1, -0.05) is 0 Å². The molecule has 1 amide bonds. The first kappa shape index (κ1) is 9.66. The van der Waals surface area contributed by atoms with Crippen molar-refractivity contribution >= 4 is 29.9 Å². The number of nitrogens with zero attached hydrogens (tertiary/aromatic N) is 4. The molecule has 13 heavy (non-hydrogen) atoms. The Morgan fingerprint density at radius 1 is 1.46 bits per heavy atom. The molecule has 0 radical (unpaired) electrons. The Labute approximate surface area is 80.0 Å². The number of amides is 1. The predicted octanol–water partition coefficient (Wildman–Crippen LogP) is 0.159. The van der Waals surface area contributed by atoms with Gasteiger partial charge in [-0.2, -0.15) is 15.0 Å². The van der Waals surface area contributed by atoms with Crippen LogP contribution in [0.3, 0.4) is 0 Å². The van der Waals surface area contributed by atoms with Crippen LogP contribution in [0.15, 0.2) is 0 Å². The predicted molar refractivity (Wildman–Crippen MR) is 48.9 cm³/mol. The van der Waals surface area contributed by atoms with E-state index in [0.29, 0.717) is 12.4 Å². The minimum absolute atomic E-state index is 0.0445. The number of carbonyl (C=O) groups is 1. The maximum atomic E-state index is 10.4. The van der Waals surface area contributed by atoms with Crippen molar-refractivity contribution in [3.8, 4) is 0 Å². The number of hydrogen-bond donors (Lipinski definition) is 1. The third-order valence-electron chi connectivity index (χ3n) is 1.29. The molecule has 6 nitrogen and oxygen atoms in total. The highest BCUT2D eigenvalue weighted by Crippen LogP contribution is 2.10. The molecule has 0 aliphatic rings. The summed E-state index contributed by atoms with van der Waals surface area (Å²) in [5, 5.41) is 2.74. The molecule has 0 saturated carbocycles. The summed E-state index contributed by atoms with van der Waals surface area (Å²) in [6.45, 7) is 0. The highest BCUT2D eigenvalue weighted by atomic mass is 35.5. The van der Waals surface area contributed by atoms with Crippen molar-refractivity contribution in [1.29, 1.82) is 0 Å². The van der Waals surface area contributed by atoms with Crippen molar-refractivity contribution in [2.45, 2.75) is 0 Å². The number of aromatic nitrogens is 3. The molecule has 0 atom stereocenters. The van der Waals surface area contributed by atoms with Crippen molar-refractivity contribution < 1.29 is 4.79 Å². The fourth-order valence-electron chi connectivity index (χ4n) is 0.656. The Morgan fingerprint density at radius 3 is 2.69 bits per heavy atom. The van der Waals surface area contributed by atoms with Crippen molar-refractivity contribution in [1.82, 2.24) is 15.0 Å². The van der Waals surface area contributed by atoms with E-state index in [1.165, 1.54) is 11.9 Å². The highest BCUT2D eigenvalue weighted by molar-refractivity contribution is 6.28. The SMILES string of the molecule is CNc1nc(Cl)nc(N(C)C=O)n1. The normalized spacial score (nSPS) is 9.46. The monoisotopic (exact) mass is 201 g/mol. The fourth-order valence-corrected chi connectivity index (χ4v) is 0.812. The maximum Gasteiger partial charge on any atom is 0.237 e. The molecule has 1 heterocycles. The van der Waals surface area contributed by atoms with Gasteiger partial charge in [-0.05, 0) is 11.6 Å². The van der Waals surface area contributed by atoms with Crippen LogP contribution in [0.25, 0.3) is 0 Å². The average molecular weight is 202 g/mol. The molecule has 0 fully saturated rings. The van der Waals surface area contributed by atoms with Gasteiger partial charge >= 0.3 is 0 Å². The van der Waals surface area contributed by atoms with E-state index in [4.69, 9.17) is 11.6 Å². The third kappa shape index (κ3) is 2.25. The van der Waals surface area contributed by atoms with Gasteiger partial charge in [-0.3, -0.25) is 9.69 Å². The summed E-state index contributed by atoms with van der Waals surface area (Å²) >= 11 is 5.58. The summed E-state index contributed by atoms with van der Waals surface area (Å²) in [7, 11) is 3.18. The van der Waals surface area contributed by atoms with E-state index in [-0.39, 0.29) is 11.2 Å². The van der Waals surface area contributed by atoms with Crippen LogP contribution in [-0.2, 0) is 4.79 Å². The first-order chi connectivity index (χ1) is 6.17. The lowest BCUT2D eigenvalue weighted by Gasteiger charge is -2.08. The molecule has 1 aromatic rings. The molecule has 1 aromatic heterocycles. The van der Waals surface area contributed by atoms with Gasteiger partial charge in [-0.15, -0.1) is 0 Å². The molecular formula is C6H8ClN5O. The van der Waals surface area contributed by atoms with Crippen molar-refractivity contribution in [2.75, 3.05) is 24.3 Å². The van der Waals surface area contributed by atoms with E-state index < -0.39 is 0 Å². The Balaban J connectivity index is 3.07. The summed E-state index contributed by atoms with van der Waals surface area (Å²) in [4.78, 5) is 23.0. The second kappa shape index (κ2) is 3.99. The van der Waals surface area contributed by atoms with E-state index in [1.807, 2.05) is 0 Å². The van der Waals surface area contributed by atoms with E-state index in [1.54, 1.807) is 7.05 Å². The lowest BCUT2D eigenvalue weighted by molar-refractivity contribution is -0.107. The van der Waals surface area contributed by atoms with Crippen LogP contribution < -0.4 is 10.2 Å². The van der Waals surface area contributed by atoms with E-state index in [2.05, 4.69) is 20.3 Å². The quantitative estimate of drug-likeness (QED) is 0.706. The molecular weight excluding hydrogens is 194 g/mol. The van der Waals surface area contributed by atoms with Gasteiger partial charge in [0.15, 0.2) is 0 Å². The van der Waals surface area contributed by atoms with Crippen molar-refractivity contribution in [3.63, 3.8) is 0 Å². The second-order valence-corrected chi connectivity index (χ2v) is 2.53. The summed E-state index contributed by atoms with van der Waals surface area (Å²) in [6, 6.07) is 0. The number of rotatable bonds is 3. The highest BCUT2D eigenvalue weighted by Gasteiger charge is 2.06. The minimum atomic E-state index is 0.0445. The molecule has 0 saturated heterocycles. The molecule has 0 spiro atoms. The minimum Gasteiger partial charge on any atom is -0.357 e. The van der Waals surface area contributed by atoms with Gasteiger partial charge in [-0.25, -0.2) is 0 Å². The van der Waals surface area contributed by atoms with Gasteiger partial charge in [0.2, 0.25) is 23.6 Å². The molecule has 1 rings (SSSR count). The number of anilines is 2. The molecule has 0 unspecified atom stereocenters. The summed E-state index contributed by atoms with van der Waals surface area (Å²) in [6.07, 6.45) is 0.588. The van der Waals surface area contributed by atoms with Crippen LogP contribution in [0.2, 0.25) is 5.28 Å². The van der Waals surface area contributed by atoms with Gasteiger partial charge in [0, 0.05) is 14.1 Å². The average Bonchev–Trinajstić information content (AvgIpc) is 2.15. The molecule has 0 aromatic carbocycles. The van der Waals surface area contributed by atoms with Crippen LogP contribution in [0.4, 0.5) is 11.9 Å². The van der Waals surface area contributed by atoms with Crippen molar-refractivity contribution in [2.24, 2.45) is 0 Å². The fraction of sp³-hybridized carbons (Fsp3) is 0.333. The van der Waals surface area contributed by atoms with Gasteiger partial charge < -0.3 is 5.32 Å². The number of hydrogen-bond acceptors (Lipinski definition) is 5. The van der Waals surface area contributed by atoms with Crippen LogP contribution in [0, 0.1) is 0 Å². The maximum absolute atomic E-state index is 10.4. The lowest BCUT2D eigenvalue weighted by atomic mass is 10.8. The van der Waals surface area contributed by atoms with E-state index in [0.717, 1.165) is 0 Å². The molecule has 1 N–H and O–H groups in total.